The van der Waals surface area contributed by atoms with Crippen molar-refractivity contribution < 1.29 is 9.59 Å². The number of carbonyl (C=O) groups excluding carboxylic acids is 2. The van der Waals surface area contributed by atoms with Gasteiger partial charge in [-0.25, -0.2) is 4.98 Å². The first-order chi connectivity index (χ1) is 7.09. The second kappa shape index (κ2) is 4.90. The van der Waals surface area contributed by atoms with Gasteiger partial charge < -0.3 is 11.5 Å². The second-order valence-corrected chi connectivity index (χ2v) is 2.88. The molecule has 5 heteroatoms. The lowest BCUT2D eigenvalue weighted by atomic mass is 10.2. The number of carbonyl (C=O) groups is 2. The van der Waals surface area contributed by atoms with Gasteiger partial charge in [-0.15, -0.1) is 0 Å². The summed E-state index contributed by atoms with van der Waals surface area (Å²) < 4.78 is 0. The SMILES string of the molecule is NC(=O)CC=Cc1cccc(C(N)=O)n1. The number of pyridine rings is 1. The van der Waals surface area contributed by atoms with Gasteiger partial charge in [0.1, 0.15) is 5.69 Å². The second-order valence-electron chi connectivity index (χ2n) is 2.88. The molecule has 4 N–H and O–H groups in total. The van der Waals surface area contributed by atoms with Crippen molar-refractivity contribution >= 4 is 17.9 Å². The van der Waals surface area contributed by atoms with Gasteiger partial charge in [0.05, 0.1) is 5.69 Å². The Labute approximate surface area is 86.8 Å². The Bertz CT molecular complexity index is 413. The molecule has 0 aliphatic heterocycles. The minimum absolute atomic E-state index is 0.141. The zero-order chi connectivity index (χ0) is 11.3. The lowest BCUT2D eigenvalue weighted by Crippen LogP contribution is -2.13. The van der Waals surface area contributed by atoms with Crippen LogP contribution in [-0.4, -0.2) is 16.8 Å². The molecule has 0 fully saturated rings. The fraction of sp³-hybridized carbons (Fsp3) is 0.100. The van der Waals surface area contributed by atoms with Crippen LogP contribution < -0.4 is 11.5 Å². The van der Waals surface area contributed by atoms with Gasteiger partial charge >= 0.3 is 0 Å². The minimum Gasteiger partial charge on any atom is -0.369 e. The van der Waals surface area contributed by atoms with Gasteiger partial charge in [-0.2, -0.15) is 0 Å². The molecule has 0 saturated carbocycles. The van der Waals surface area contributed by atoms with Crippen LogP contribution in [0.1, 0.15) is 22.6 Å². The first-order valence-corrected chi connectivity index (χ1v) is 4.31. The molecule has 1 aromatic heterocycles. The molecule has 0 aliphatic carbocycles. The highest BCUT2D eigenvalue weighted by Gasteiger charge is 2.00. The quantitative estimate of drug-likeness (QED) is 0.727. The van der Waals surface area contributed by atoms with Gasteiger partial charge in [-0.3, -0.25) is 9.59 Å². The zero-order valence-electron chi connectivity index (χ0n) is 8.01. The molecular formula is C10H11N3O2. The summed E-state index contributed by atoms with van der Waals surface area (Å²) in [5, 5.41) is 0. The Morgan fingerprint density at radius 3 is 2.67 bits per heavy atom. The maximum atomic E-state index is 10.8. The summed E-state index contributed by atoms with van der Waals surface area (Å²) in [6, 6.07) is 4.88. The summed E-state index contributed by atoms with van der Waals surface area (Å²) in [6.45, 7) is 0. The van der Waals surface area contributed by atoms with E-state index < -0.39 is 11.8 Å². The van der Waals surface area contributed by atoms with Crippen LogP contribution in [0, 0.1) is 0 Å². The van der Waals surface area contributed by atoms with E-state index in [0.29, 0.717) is 5.69 Å². The number of nitrogens with two attached hydrogens (primary N) is 2. The summed E-state index contributed by atoms with van der Waals surface area (Å²) in [6.07, 6.45) is 3.33. The van der Waals surface area contributed by atoms with E-state index in [4.69, 9.17) is 11.5 Å². The van der Waals surface area contributed by atoms with Crippen molar-refractivity contribution in [3.05, 3.63) is 35.7 Å². The predicted molar refractivity (Wildman–Crippen MR) is 55.6 cm³/mol. The molecule has 1 aromatic rings. The van der Waals surface area contributed by atoms with E-state index in [-0.39, 0.29) is 12.1 Å². The monoisotopic (exact) mass is 205 g/mol. The van der Waals surface area contributed by atoms with E-state index in [0.717, 1.165) is 0 Å². The maximum absolute atomic E-state index is 10.8. The van der Waals surface area contributed by atoms with Gasteiger partial charge in [-0.1, -0.05) is 12.1 Å². The Morgan fingerprint density at radius 1 is 1.33 bits per heavy atom. The van der Waals surface area contributed by atoms with E-state index in [1.807, 2.05) is 0 Å². The van der Waals surface area contributed by atoms with Gasteiger partial charge in [0.2, 0.25) is 5.91 Å². The van der Waals surface area contributed by atoms with E-state index in [2.05, 4.69) is 4.98 Å². The van der Waals surface area contributed by atoms with E-state index in [1.165, 1.54) is 6.07 Å². The Hall–Kier alpha value is -2.17. The number of amides is 2. The first kappa shape index (κ1) is 10.9. The number of aromatic nitrogens is 1. The number of hydrogen-bond donors (Lipinski definition) is 2. The molecule has 1 rings (SSSR count). The highest BCUT2D eigenvalue weighted by Crippen LogP contribution is 2.01. The molecule has 0 unspecified atom stereocenters. The van der Waals surface area contributed by atoms with Crippen molar-refractivity contribution in [2.45, 2.75) is 6.42 Å². The number of rotatable bonds is 4. The first-order valence-electron chi connectivity index (χ1n) is 4.31. The standard InChI is InChI=1S/C10H11N3O2/c11-9(14)6-2-4-7-3-1-5-8(13-7)10(12)15/h1-5H,6H2,(H2,11,14)(H2,12,15). The lowest BCUT2D eigenvalue weighted by Gasteiger charge is -1.96. The fourth-order valence-electron chi connectivity index (χ4n) is 0.977. The number of hydrogen-bond acceptors (Lipinski definition) is 3. The van der Waals surface area contributed by atoms with Crippen LogP contribution in [0.4, 0.5) is 0 Å². The third kappa shape index (κ3) is 3.60. The van der Waals surface area contributed by atoms with Crippen molar-refractivity contribution in [1.29, 1.82) is 0 Å². The molecule has 0 saturated heterocycles. The molecule has 15 heavy (non-hydrogen) atoms. The normalized spacial score (nSPS) is 10.4. The minimum atomic E-state index is -0.583. The smallest absolute Gasteiger partial charge is 0.267 e. The van der Waals surface area contributed by atoms with Crippen LogP contribution in [0.3, 0.4) is 0 Å². The molecule has 0 radical (unpaired) electrons. The molecule has 1 heterocycles. The molecule has 0 aromatic carbocycles. The predicted octanol–water partition coefficient (Wildman–Crippen LogP) is 0.0691. The fourth-order valence-corrected chi connectivity index (χ4v) is 0.977. The molecule has 0 atom stereocenters. The Kier molecular flexibility index (Phi) is 3.56. The third-order valence-electron chi connectivity index (χ3n) is 1.63. The molecule has 0 spiro atoms. The van der Waals surface area contributed by atoms with Crippen LogP contribution in [0.2, 0.25) is 0 Å². The van der Waals surface area contributed by atoms with Gasteiger partial charge in [0.15, 0.2) is 0 Å². The zero-order valence-corrected chi connectivity index (χ0v) is 8.01. The van der Waals surface area contributed by atoms with Crippen LogP contribution in [0.15, 0.2) is 24.3 Å². The Balaban J connectivity index is 2.78. The van der Waals surface area contributed by atoms with Crippen LogP contribution >= 0.6 is 0 Å². The highest BCUT2D eigenvalue weighted by atomic mass is 16.1. The van der Waals surface area contributed by atoms with Crippen LogP contribution in [0.25, 0.3) is 6.08 Å². The van der Waals surface area contributed by atoms with Crippen molar-refractivity contribution in [3.8, 4) is 0 Å². The van der Waals surface area contributed by atoms with Crippen molar-refractivity contribution in [2.24, 2.45) is 11.5 Å². The van der Waals surface area contributed by atoms with Crippen LogP contribution in [0.5, 0.6) is 0 Å². The summed E-state index contributed by atoms with van der Waals surface area (Å²) in [5.41, 5.74) is 10.8. The molecule has 2 amide bonds. The molecule has 0 aliphatic rings. The summed E-state index contributed by atoms with van der Waals surface area (Å²) >= 11 is 0. The Morgan fingerprint density at radius 2 is 2.07 bits per heavy atom. The highest BCUT2D eigenvalue weighted by molar-refractivity contribution is 5.90. The van der Waals surface area contributed by atoms with Crippen molar-refractivity contribution in [1.82, 2.24) is 4.98 Å². The van der Waals surface area contributed by atoms with Crippen LogP contribution in [-0.2, 0) is 4.79 Å². The summed E-state index contributed by atoms with van der Waals surface area (Å²) in [5.74, 6) is -1.00. The van der Waals surface area contributed by atoms with Crippen molar-refractivity contribution in [2.75, 3.05) is 0 Å². The average Bonchev–Trinajstić information content (AvgIpc) is 2.17. The lowest BCUT2D eigenvalue weighted by molar-refractivity contribution is -0.117. The average molecular weight is 205 g/mol. The molecule has 5 nitrogen and oxygen atoms in total. The maximum Gasteiger partial charge on any atom is 0.267 e. The van der Waals surface area contributed by atoms with Gasteiger partial charge in [0, 0.05) is 6.42 Å². The topological polar surface area (TPSA) is 99.1 Å². The number of primary amides is 2. The largest absolute Gasteiger partial charge is 0.369 e. The number of nitrogens with zero attached hydrogens (tertiary/aromatic N) is 1. The van der Waals surface area contributed by atoms with Gasteiger partial charge in [-0.05, 0) is 18.2 Å². The van der Waals surface area contributed by atoms with E-state index in [9.17, 15) is 9.59 Å². The third-order valence-corrected chi connectivity index (χ3v) is 1.63. The molecule has 78 valence electrons. The molecule has 0 bridgehead atoms. The van der Waals surface area contributed by atoms with Gasteiger partial charge in [0.25, 0.3) is 5.91 Å². The van der Waals surface area contributed by atoms with E-state index in [1.54, 1.807) is 24.3 Å². The molecular weight excluding hydrogens is 194 g/mol. The summed E-state index contributed by atoms with van der Waals surface area (Å²) in [7, 11) is 0. The summed E-state index contributed by atoms with van der Waals surface area (Å²) in [4.78, 5) is 25.2. The van der Waals surface area contributed by atoms with E-state index >= 15 is 0 Å². The van der Waals surface area contributed by atoms with Crippen molar-refractivity contribution in [3.63, 3.8) is 0 Å².